The van der Waals surface area contributed by atoms with Gasteiger partial charge in [0.15, 0.2) is 0 Å². The van der Waals surface area contributed by atoms with Crippen molar-refractivity contribution < 1.29 is 19.1 Å². The first-order valence-corrected chi connectivity index (χ1v) is 20.0. The first-order valence-electron chi connectivity index (χ1n) is 20.0. The van der Waals surface area contributed by atoms with Crippen molar-refractivity contribution in [3.63, 3.8) is 0 Å². The molecule has 9 aromatic rings. The molecule has 0 atom stereocenters. The smallest absolute Gasteiger partial charge is 0.257 e. The zero-order valence-electron chi connectivity index (χ0n) is 34.3. The fourth-order valence-electron chi connectivity index (χ4n) is 7.29. The van der Waals surface area contributed by atoms with Crippen LogP contribution in [0.4, 0.5) is 34.1 Å². The van der Waals surface area contributed by atoms with E-state index in [0.29, 0.717) is 90.4 Å². The van der Waals surface area contributed by atoms with Crippen LogP contribution in [0.1, 0.15) is 43.0 Å². The maximum Gasteiger partial charge on any atom is 0.257 e. The van der Waals surface area contributed by atoms with E-state index in [0.717, 1.165) is 0 Å². The molecular formula is C50H36N10O4. The summed E-state index contributed by atoms with van der Waals surface area (Å²) in [5, 5.41) is 41.5. The molecule has 4 N–H and O–H groups in total. The van der Waals surface area contributed by atoms with Gasteiger partial charge in [0.2, 0.25) is 0 Å². The number of nitrogens with one attached hydrogen (secondary N) is 4. The van der Waals surface area contributed by atoms with E-state index in [1.54, 1.807) is 59.5 Å². The second kappa shape index (κ2) is 17.3. The molecule has 0 saturated carbocycles. The van der Waals surface area contributed by atoms with Gasteiger partial charge in [0.25, 0.3) is 11.8 Å². The molecule has 310 valence electrons. The van der Waals surface area contributed by atoms with Gasteiger partial charge >= 0.3 is 0 Å². The molecule has 0 spiro atoms. The molecule has 0 aliphatic heterocycles. The van der Waals surface area contributed by atoms with Crippen LogP contribution in [0.3, 0.4) is 0 Å². The number of benzene rings is 5. The lowest BCUT2D eigenvalue weighted by atomic mass is 10.1. The Balaban J connectivity index is 0.938. The zero-order chi connectivity index (χ0) is 44.2. The number of fused-ring (bicyclic) bond motifs is 2. The third kappa shape index (κ3) is 8.09. The van der Waals surface area contributed by atoms with Crippen molar-refractivity contribution in [2.45, 2.75) is 13.8 Å². The second-order valence-electron chi connectivity index (χ2n) is 14.6. The number of hydrogen-bond donors (Lipinski definition) is 4. The minimum atomic E-state index is -0.453. The van der Waals surface area contributed by atoms with E-state index >= 15 is 0 Å². The molecule has 0 bridgehead atoms. The van der Waals surface area contributed by atoms with Gasteiger partial charge in [-0.1, -0.05) is 48.5 Å². The summed E-state index contributed by atoms with van der Waals surface area (Å²) in [4.78, 5) is 28.1. The maximum absolute atomic E-state index is 14.0. The summed E-state index contributed by atoms with van der Waals surface area (Å²) in [5.41, 5.74) is 6.51. The lowest BCUT2D eigenvalue weighted by Crippen LogP contribution is -2.17. The fourth-order valence-corrected chi connectivity index (χ4v) is 7.29. The summed E-state index contributed by atoms with van der Waals surface area (Å²) >= 11 is 0. The Kier molecular flexibility index (Phi) is 10.8. The molecule has 14 nitrogen and oxygen atoms in total. The van der Waals surface area contributed by atoms with Crippen LogP contribution in [0.15, 0.2) is 158 Å². The molecule has 5 aromatic carbocycles. The molecule has 64 heavy (non-hydrogen) atoms. The van der Waals surface area contributed by atoms with E-state index in [1.165, 1.54) is 12.4 Å². The molecule has 4 aromatic heterocycles. The first kappa shape index (κ1) is 40.0. The number of nitrogens with zero attached hydrogens (tertiary/aromatic N) is 6. The molecular weight excluding hydrogens is 805 g/mol. The Labute approximate surface area is 366 Å². The maximum atomic E-state index is 14.0. The predicted molar refractivity (Wildman–Crippen MR) is 244 cm³/mol. The van der Waals surface area contributed by atoms with Crippen LogP contribution >= 0.6 is 0 Å². The summed E-state index contributed by atoms with van der Waals surface area (Å²) in [6.45, 7) is 3.57. The number of para-hydroxylation sites is 4. The number of rotatable bonds is 12. The van der Waals surface area contributed by atoms with Gasteiger partial charge in [-0.3, -0.25) is 9.59 Å². The zero-order valence-corrected chi connectivity index (χ0v) is 34.3. The molecule has 4 heterocycles. The number of anilines is 6. The van der Waals surface area contributed by atoms with Crippen LogP contribution in [0.25, 0.3) is 11.0 Å². The normalized spacial score (nSPS) is 10.8. The van der Waals surface area contributed by atoms with Gasteiger partial charge in [-0.25, -0.2) is 9.03 Å². The number of nitriles is 2. The van der Waals surface area contributed by atoms with E-state index in [-0.39, 0.29) is 11.1 Å². The second-order valence-corrected chi connectivity index (χ2v) is 14.6. The highest BCUT2D eigenvalue weighted by Gasteiger charge is 2.23. The van der Waals surface area contributed by atoms with Crippen LogP contribution in [0.2, 0.25) is 0 Å². The molecule has 14 heteroatoms. The van der Waals surface area contributed by atoms with E-state index < -0.39 is 11.8 Å². The number of hydrogen-bond acceptors (Lipinski definition) is 10. The van der Waals surface area contributed by atoms with Gasteiger partial charge in [0.1, 0.15) is 35.1 Å². The quantitative estimate of drug-likeness (QED) is 0.0923. The Morgan fingerprint density at radius 3 is 1.25 bits per heavy atom. The third-order valence-corrected chi connectivity index (χ3v) is 10.5. The van der Waals surface area contributed by atoms with Crippen molar-refractivity contribution in [3.05, 3.63) is 192 Å². The molecule has 0 saturated heterocycles. The number of aryl methyl sites for hydroxylation is 2. The highest BCUT2D eigenvalue weighted by Crippen LogP contribution is 2.35. The third-order valence-electron chi connectivity index (χ3n) is 10.5. The van der Waals surface area contributed by atoms with Crippen LogP contribution in [-0.2, 0) is 0 Å². The SMILES string of the molecule is Cc1c(C(=O)Nc2ccccc2NC(=O)c2cn3ncc(C#N)c(Nc4ccc(Oc5ccccc5)cc4)c3c2C)cn2ncc(C#N)c(Nc3ccc(Oc4ccccc4)cc3)c12. The van der Waals surface area contributed by atoms with E-state index in [4.69, 9.17) is 9.47 Å². The monoisotopic (exact) mass is 840 g/mol. The van der Waals surface area contributed by atoms with Crippen molar-refractivity contribution in [3.8, 4) is 35.1 Å². The average molecular weight is 841 g/mol. The topological polar surface area (TPSA) is 183 Å². The van der Waals surface area contributed by atoms with Gasteiger partial charge in [-0.2, -0.15) is 20.7 Å². The number of carbonyl (C=O) groups is 2. The predicted octanol–water partition coefficient (Wildman–Crippen LogP) is 10.9. The van der Waals surface area contributed by atoms with Gasteiger partial charge < -0.3 is 30.7 Å². The number of aromatic nitrogens is 4. The lowest BCUT2D eigenvalue weighted by Gasteiger charge is -2.13. The number of ether oxygens (including phenoxy) is 2. The van der Waals surface area contributed by atoms with Gasteiger partial charge in [-0.05, 0) is 110 Å². The standard InChI is InChI=1S/C50H36N10O4/c1-31-41(29-59-47(31)45(33(25-51)27-53-59)55-35-17-21-39(22-18-35)63-37-11-5-3-6-12-37)49(61)57-43-15-9-10-16-44(43)58-50(62)42-30-60-48(32(42)2)46(34(26-52)28-54-60)56-36-19-23-40(24-20-36)64-38-13-7-4-8-14-38/h3-24,27-30,55-56H,1-2H3,(H,57,61)(H,58,62). The fraction of sp³-hybridized carbons (Fsp3) is 0.0400. The first-order chi connectivity index (χ1) is 31.3. The van der Waals surface area contributed by atoms with Crippen molar-refractivity contribution in [2.75, 3.05) is 21.3 Å². The van der Waals surface area contributed by atoms with Gasteiger partial charge in [0, 0.05) is 23.8 Å². The number of amides is 2. The summed E-state index contributed by atoms with van der Waals surface area (Å²) in [5.74, 6) is 1.80. The minimum absolute atomic E-state index is 0.289. The molecule has 0 aliphatic rings. The Bertz CT molecular complexity index is 3070. The summed E-state index contributed by atoms with van der Waals surface area (Å²) in [7, 11) is 0. The summed E-state index contributed by atoms with van der Waals surface area (Å²) < 4.78 is 15.0. The highest BCUT2D eigenvalue weighted by molar-refractivity contribution is 6.12. The largest absolute Gasteiger partial charge is 0.457 e. The van der Waals surface area contributed by atoms with Gasteiger partial charge in [-0.15, -0.1) is 0 Å². The molecule has 0 unspecified atom stereocenters. The Hall–Kier alpha value is -9.40. The molecule has 2 amide bonds. The van der Waals surface area contributed by atoms with Crippen molar-refractivity contribution >= 4 is 57.0 Å². The minimum Gasteiger partial charge on any atom is -0.457 e. The Morgan fingerprint density at radius 2 is 0.875 bits per heavy atom. The van der Waals surface area contributed by atoms with Crippen LogP contribution in [0, 0.1) is 36.5 Å². The highest BCUT2D eigenvalue weighted by atomic mass is 16.5. The van der Waals surface area contributed by atoms with Crippen molar-refractivity contribution in [1.82, 2.24) is 19.2 Å². The summed E-state index contributed by atoms with van der Waals surface area (Å²) in [6, 6.07) is 44.8. The van der Waals surface area contributed by atoms with E-state index in [1.807, 2.05) is 109 Å². The van der Waals surface area contributed by atoms with E-state index in [2.05, 4.69) is 43.6 Å². The van der Waals surface area contributed by atoms with Crippen LogP contribution < -0.4 is 30.7 Å². The Morgan fingerprint density at radius 1 is 0.516 bits per heavy atom. The van der Waals surface area contributed by atoms with Gasteiger partial charge in [0.05, 0.1) is 68.4 Å². The molecule has 0 fully saturated rings. The number of carbonyl (C=O) groups excluding carboxylic acids is 2. The lowest BCUT2D eigenvalue weighted by molar-refractivity contribution is 0.101. The average Bonchev–Trinajstić information content (AvgIpc) is 3.85. The van der Waals surface area contributed by atoms with E-state index in [9.17, 15) is 20.1 Å². The van der Waals surface area contributed by atoms with Crippen LogP contribution in [0.5, 0.6) is 23.0 Å². The molecule has 0 radical (unpaired) electrons. The summed E-state index contributed by atoms with van der Waals surface area (Å²) in [6.07, 6.45) is 6.08. The van der Waals surface area contributed by atoms with Crippen molar-refractivity contribution in [1.29, 1.82) is 10.5 Å². The molecule has 0 aliphatic carbocycles. The van der Waals surface area contributed by atoms with Crippen LogP contribution in [-0.4, -0.2) is 31.0 Å². The molecule has 9 rings (SSSR count). The van der Waals surface area contributed by atoms with Crippen molar-refractivity contribution in [2.24, 2.45) is 0 Å².